The summed E-state index contributed by atoms with van der Waals surface area (Å²) in [5.41, 5.74) is 5.45. The van der Waals surface area contributed by atoms with Crippen LogP contribution < -0.4 is 21.7 Å². The molecular formula is C9H11N7OS. The number of thiocarbonyl (C=S) groups is 1. The van der Waals surface area contributed by atoms with Crippen LogP contribution in [0.2, 0.25) is 0 Å². The average molecular weight is 265 g/mol. The summed E-state index contributed by atoms with van der Waals surface area (Å²) in [5, 5.41) is 9.95. The molecule has 18 heavy (non-hydrogen) atoms. The van der Waals surface area contributed by atoms with Crippen LogP contribution in [0.15, 0.2) is 23.6 Å². The molecule has 0 saturated heterocycles. The van der Waals surface area contributed by atoms with E-state index in [1.807, 2.05) is 0 Å². The lowest BCUT2D eigenvalue weighted by Gasteiger charge is -2.09. The third kappa shape index (κ3) is 2.63. The lowest BCUT2D eigenvalue weighted by molar-refractivity contribution is 0.954. The highest BCUT2D eigenvalue weighted by molar-refractivity contribution is 7.80. The van der Waals surface area contributed by atoms with E-state index in [9.17, 15) is 4.79 Å². The fraction of sp³-hybridized carbons (Fsp3) is 0.111. The van der Waals surface area contributed by atoms with Gasteiger partial charge < -0.3 is 5.32 Å². The van der Waals surface area contributed by atoms with Crippen LogP contribution in [0.1, 0.15) is 0 Å². The first-order valence-corrected chi connectivity index (χ1v) is 5.45. The Morgan fingerprint density at radius 2 is 2.44 bits per heavy atom. The molecule has 2 aromatic rings. The molecule has 9 heteroatoms. The fourth-order valence-electron chi connectivity index (χ4n) is 1.23. The Balaban J connectivity index is 2.05. The van der Waals surface area contributed by atoms with Gasteiger partial charge in [0.15, 0.2) is 10.8 Å². The molecule has 0 aliphatic rings. The summed E-state index contributed by atoms with van der Waals surface area (Å²) >= 11 is 4.96. The maximum Gasteiger partial charge on any atom is 0.263 e. The van der Waals surface area contributed by atoms with Crippen molar-refractivity contribution >= 4 is 34.3 Å². The van der Waals surface area contributed by atoms with Crippen LogP contribution in [0.3, 0.4) is 0 Å². The van der Waals surface area contributed by atoms with Crippen molar-refractivity contribution in [3.63, 3.8) is 0 Å². The largest absolute Gasteiger partial charge is 0.358 e. The number of nitrogens with one attached hydrogen (secondary N) is 5. The first-order chi connectivity index (χ1) is 8.70. The van der Waals surface area contributed by atoms with Crippen molar-refractivity contribution in [3.8, 4) is 0 Å². The molecule has 2 heterocycles. The Bertz CT molecular complexity index is 631. The summed E-state index contributed by atoms with van der Waals surface area (Å²) in [7, 11) is 0. The van der Waals surface area contributed by atoms with Crippen LogP contribution in [0.4, 0.5) is 5.95 Å². The summed E-state index contributed by atoms with van der Waals surface area (Å²) in [4.78, 5) is 18.2. The van der Waals surface area contributed by atoms with E-state index in [0.717, 1.165) is 0 Å². The average Bonchev–Trinajstić information content (AvgIpc) is 2.82. The van der Waals surface area contributed by atoms with Gasteiger partial charge in [-0.15, -0.1) is 6.58 Å². The van der Waals surface area contributed by atoms with Crippen molar-refractivity contribution in [1.29, 1.82) is 0 Å². The molecule has 0 aliphatic heterocycles. The molecule has 94 valence electrons. The maximum atomic E-state index is 11.6. The third-order valence-electron chi connectivity index (χ3n) is 2.02. The van der Waals surface area contributed by atoms with Gasteiger partial charge in [0.05, 0.1) is 6.20 Å². The van der Waals surface area contributed by atoms with Crippen LogP contribution >= 0.6 is 12.2 Å². The summed E-state index contributed by atoms with van der Waals surface area (Å²) in [6, 6.07) is 0. The zero-order valence-electron chi connectivity index (χ0n) is 9.28. The molecule has 2 aromatic heterocycles. The van der Waals surface area contributed by atoms with Crippen molar-refractivity contribution in [2.75, 3.05) is 12.0 Å². The van der Waals surface area contributed by atoms with Crippen LogP contribution in [0, 0.1) is 0 Å². The second-order valence-corrected chi connectivity index (χ2v) is 3.70. The van der Waals surface area contributed by atoms with Crippen LogP contribution in [0.25, 0.3) is 11.0 Å². The SMILES string of the molecule is C=CCNC(=S)NNc1nc2[nH]ncc2c(=O)[nH]1. The molecule has 0 spiro atoms. The van der Waals surface area contributed by atoms with Gasteiger partial charge in [0.25, 0.3) is 5.56 Å². The van der Waals surface area contributed by atoms with Gasteiger partial charge in [-0.1, -0.05) is 6.08 Å². The van der Waals surface area contributed by atoms with Gasteiger partial charge in [-0.2, -0.15) is 10.1 Å². The molecule has 0 aromatic carbocycles. The quantitative estimate of drug-likeness (QED) is 0.291. The summed E-state index contributed by atoms with van der Waals surface area (Å²) in [6.45, 7) is 4.09. The topological polar surface area (TPSA) is 111 Å². The number of hydrazine groups is 1. The summed E-state index contributed by atoms with van der Waals surface area (Å²) < 4.78 is 0. The Labute approximate surface area is 107 Å². The Kier molecular flexibility index (Phi) is 3.53. The Morgan fingerprint density at radius 1 is 1.61 bits per heavy atom. The fourth-order valence-corrected chi connectivity index (χ4v) is 1.36. The van der Waals surface area contributed by atoms with Gasteiger partial charge in [-0.25, -0.2) is 0 Å². The summed E-state index contributed by atoms with van der Waals surface area (Å²) in [5.74, 6) is 0.236. The number of anilines is 1. The van der Waals surface area contributed by atoms with Gasteiger partial charge in [0.1, 0.15) is 5.39 Å². The highest BCUT2D eigenvalue weighted by Crippen LogP contribution is 2.02. The van der Waals surface area contributed by atoms with E-state index in [1.165, 1.54) is 6.20 Å². The molecule has 8 nitrogen and oxygen atoms in total. The zero-order valence-corrected chi connectivity index (χ0v) is 10.1. The van der Waals surface area contributed by atoms with E-state index in [1.54, 1.807) is 6.08 Å². The molecule has 0 radical (unpaired) electrons. The van der Waals surface area contributed by atoms with Gasteiger partial charge in [0.2, 0.25) is 5.95 Å². The molecule has 0 unspecified atom stereocenters. The second-order valence-electron chi connectivity index (χ2n) is 3.30. The van der Waals surface area contributed by atoms with E-state index >= 15 is 0 Å². The number of hydrogen-bond donors (Lipinski definition) is 5. The molecular weight excluding hydrogens is 254 g/mol. The predicted molar refractivity (Wildman–Crippen MR) is 72.1 cm³/mol. The Hall–Kier alpha value is -2.42. The first-order valence-electron chi connectivity index (χ1n) is 5.05. The molecule has 0 saturated carbocycles. The number of nitrogens with zero attached hydrogens (tertiary/aromatic N) is 2. The molecule has 0 aliphatic carbocycles. The Morgan fingerprint density at radius 3 is 3.22 bits per heavy atom. The third-order valence-corrected chi connectivity index (χ3v) is 2.27. The smallest absolute Gasteiger partial charge is 0.263 e. The van der Waals surface area contributed by atoms with Crippen LogP contribution in [-0.2, 0) is 0 Å². The minimum absolute atomic E-state index is 0.236. The molecule has 5 N–H and O–H groups in total. The molecule has 0 atom stereocenters. The number of fused-ring (bicyclic) bond motifs is 1. The highest BCUT2D eigenvalue weighted by atomic mass is 32.1. The molecule has 2 rings (SSSR count). The highest BCUT2D eigenvalue weighted by Gasteiger charge is 2.04. The van der Waals surface area contributed by atoms with E-state index in [4.69, 9.17) is 12.2 Å². The van der Waals surface area contributed by atoms with Gasteiger partial charge in [0, 0.05) is 6.54 Å². The van der Waals surface area contributed by atoms with E-state index in [2.05, 4.69) is 42.9 Å². The van der Waals surface area contributed by atoms with Crippen molar-refractivity contribution in [2.45, 2.75) is 0 Å². The monoisotopic (exact) mass is 265 g/mol. The van der Waals surface area contributed by atoms with Gasteiger partial charge in [-0.3, -0.25) is 25.7 Å². The molecule has 0 amide bonds. The van der Waals surface area contributed by atoms with E-state index in [-0.39, 0.29) is 11.5 Å². The predicted octanol–water partition coefficient (Wildman–Crippen LogP) is -0.377. The molecule has 0 fully saturated rings. The minimum Gasteiger partial charge on any atom is -0.358 e. The minimum atomic E-state index is -0.289. The number of aromatic amines is 2. The van der Waals surface area contributed by atoms with Crippen molar-refractivity contribution in [2.24, 2.45) is 0 Å². The van der Waals surface area contributed by atoms with E-state index in [0.29, 0.717) is 22.7 Å². The first kappa shape index (κ1) is 12.0. The number of aromatic nitrogens is 4. The second kappa shape index (κ2) is 5.27. The van der Waals surface area contributed by atoms with Gasteiger partial charge >= 0.3 is 0 Å². The van der Waals surface area contributed by atoms with Crippen LogP contribution in [0.5, 0.6) is 0 Å². The number of H-pyrrole nitrogens is 2. The number of rotatable bonds is 4. The number of hydrogen-bond acceptors (Lipinski definition) is 5. The standard InChI is InChI=1S/C9H11N7OS/c1-2-3-10-9(18)16-15-8-12-6-5(4-11-14-6)7(17)13-8/h2,4H,1,3H2,(H2,10,16,18)(H3,11,12,13,14,15,17). The normalized spacial score (nSPS) is 10.0. The van der Waals surface area contributed by atoms with Crippen molar-refractivity contribution in [1.82, 2.24) is 30.9 Å². The lowest BCUT2D eigenvalue weighted by Crippen LogP contribution is -2.39. The van der Waals surface area contributed by atoms with Gasteiger partial charge in [-0.05, 0) is 12.2 Å². The zero-order chi connectivity index (χ0) is 13.0. The summed E-state index contributed by atoms with van der Waals surface area (Å²) in [6.07, 6.45) is 3.08. The maximum absolute atomic E-state index is 11.6. The van der Waals surface area contributed by atoms with Crippen LogP contribution in [-0.4, -0.2) is 31.8 Å². The van der Waals surface area contributed by atoms with E-state index < -0.39 is 0 Å². The van der Waals surface area contributed by atoms with Crippen molar-refractivity contribution in [3.05, 3.63) is 29.2 Å². The lowest BCUT2D eigenvalue weighted by atomic mass is 10.4. The molecule has 0 bridgehead atoms. The van der Waals surface area contributed by atoms with Crippen molar-refractivity contribution < 1.29 is 0 Å².